The lowest BCUT2D eigenvalue weighted by atomic mass is 10.0. The van der Waals surface area contributed by atoms with Gasteiger partial charge in [-0.05, 0) is 41.3 Å². The van der Waals surface area contributed by atoms with Gasteiger partial charge in [0.25, 0.3) is 0 Å². The number of methoxy groups -OCH3 is 1. The van der Waals surface area contributed by atoms with Crippen LogP contribution in [0.25, 0.3) is 0 Å². The second kappa shape index (κ2) is 12.8. The van der Waals surface area contributed by atoms with E-state index >= 15 is 0 Å². The fourth-order valence-corrected chi connectivity index (χ4v) is 3.98. The van der Waals surface area contributed by atoms with Crippen molar-refractivity contribution in [1.82, 2.24) is 10.2 Å². The monoisotopic (exact) mass is 478 g/mol. The molecule has 34 heavy (non-hydrogen) atoms. The molecule has 0 aliphatic heterocycles. The number of ether oxygens (including phenoxy) is 1. The highest BCUT2D eigenvalue weighted by Crippen LogP contribution is 2.19. The summed E-state index contributed by atoms with van der Waals surface area (Å²) in [4.78, 5) is 28.4. The van der Waals surface area contributed by atoms with Crippen molar-refractivity contribution in [2.45, 2.75) is 45.3 Å². The Balaban J connectivity index is 1.88. The third kappa shape index (κ3) is 7.09. The number of carbonyl (C=O) groups excluding carboxylic acids is 2. The predicted molar refractivity (Wildman–Crippen MR) is 136 cm³/mol. The normalized spacial score (nSPS) is 11.5. The molecule has 1 atom stereocenters. The largest absolute Gasteiger partial charge is 0.497 e. The van der Waals surface area contributed by atoms with E-state index in [1.54, 1.807) is 18.1 Å². The first kappa shape index (κ1) is 25.3. The summed E-state index contributed by atoms with van der Waals surface area (Å²) in [5, 5.41) is 3.60. The molecular weight excluding hydrogens is 448 g/mol. The van der Waals surface area contributed by atoms with Crippen LogP contribution in [-0.2, 0) is 29.1 Å². The minimum Gasteiger partial charge on any atom is -0.497 e. The van der Waals surface area contributed by atoms with Crippen molar-refractivity contribution < 1.29 is 14.3 Å². The molecule has 3 aromatic rings. The van der Waals surface area contributed by atoms with E-state index in [2.05, 4.69) is 5.32 Å². The number of amides is 2. The van der Waals surface area contributed by atoms with Crippen LogP contribution in [0, 0.1) is 0 Å². The van der Waals surface area contributed by atoms with Crippen molar-refractivity contribution in [1.29, 1.82) is 0 Å². The van der Waals surface area contributed by atoms with Crippen LogP contribution in [0.15, 0.2) is 78.9 Å². The third-order valence-electron chi connectivity index (χ3n) is 5.66. The molecule has 3 aromatic carbocycles. The zero-order valence-electron chi connectivity index (χ0n) is 19.7. The smallest absolute Gasteiger partial charge is 0.243 e. The lowest BCUT2D eigenvalue weighted by Gasteiger charge is -2.31. The van der Waals surface area contributed by atoms with Crippen molar-refractivity contribution in [3.63, 3.8) is 0 Å². The standard InChI is InChI=1S/C28H31ClN2O3/c1-3-9-27(32)31(20-22-14-16-24(34-2)17-15-22)26(18-21-10-5-4-6-11-21)28(33)30-19-23-12-7-8-13-25(23)29/h4-8,10-17,26H,3,9,18-20H2,1-2H3,(H,30,33)/t26-/m1/s1. The Bertz CT molecular complexity index is 1070. The van der Waals surface area contributed by atoms with Gasteiger partial charge in [-0.2, -0.15) is 0 Å². The molecule has 3 rings (SSSR count). The second-order valence-electron chi connectivity index (χ2n) is 8.13. The molecule has 0 heterocycles. The van der Waals surface area contributed by atoms with E-state index < -0.39 is 6.04 Å². The molecule has 0 saturated heterocycles. The number of carbonyl (C=O) groups is 2. The lowest BCUT2D eigenvalue weighted by Crippen LogP contribution is -2.50. The summed E-state index contributed by atoms with van der Waals surface area (Å²) < 4.78 is 5.25. The quantitative estimate of drug-likeness (QED) is 0.401. The van der Waals surface area contributed by atoms with Crippen LogP contribution in [0.4, 0.5) is 0 Å². The maximum Gasteiger partial charge on any atom is 0.243 e. The number of halogens is 1. The Hall–Kier alpha value is -3.31. The molecule has 2 amide bonds. The molecule has 6 heteroatoms. The van der Waals surface area contributed by atoms with E-state index in [1.165, 1.54) is 0 Å². The van der Waals surface area contributed by atoms with Gasteiger partial charge in [-0.1, -0.05) is 79.2 Å². The van der Waals surface area contributed by atoms with Crippen molar-refractivity contribution in [3.05, 3.63) is 101 Å². The van der Waals surface area contributed by atoms with Crippen molar-refractivity contribution in [3.8, 4) is 5.75 Å². The maximum absolute atomic E-state index is 13.5. The first-order valence-electron chi connectivity index (χ1n) is 11.5. The number of benzene rings is 3. The zero-order valence-corrected chi connectivity index (χ0v) is 20.4. The van der Waals surface area contributed by atoms with Gasteiger partial charge in [0.2, 0.25) is 11.8 Å². The first-order chi connectivity index (χ1) is 16.5. The van der Waals surface area contributed by atoms with E-state index in [1.807, 2.05) is 79.7 Å². The van der Waals surface area contributed by atoms with Gasteiger partial charge < -0.3 is 15.0 Å². The van der Waals surface area contributed by atoms with Gasteiger partial charge in [0, 0.05) is 31.0 Å². The van der Waals surface area contributed by atoms with Gasteiger partial charge in [0.15, 0.2) is 0 Å². The van der Waals surface area contributed by atoms with Crippen LogP contribution in [0.5, 0.6) is 5.75 Å². The lowest BCUT2D eigenvalue weighted by molar-refractivity contribution is -0.141. The highest BCUT2D eigenvalue weighted by Gasteiger charge is 2.30. The molecule has 0 bridgehead atoms. The molecule has 0 unspecified atom stereocenters. The Morgan fingerprint density at radius 2 is 1.62 bits per heavy atom. The number of rotatable bonds is 11. The highest BCUT2D eigenvalue weighted by atomic mass is 35.5. The molecule has 5 nitrogen and oxygen atoms in total. The van der Waals surface area contributed by atoms with E-state index in [0.29, 0.717) is 37.4 Å². The van der Waals surface area contributed by atoms with Crippen molar-refractivity contribution in [2.75, 3.05) is 7.11 Å². The van der Waals surface area contributed by atoms with Gasteiger partial charge in [-0.3, -0.25) is 9.59 Å². The molecule has 0 aliphatic rings. The zero-order chi connectivity index (χ0) is 24.3. The van der Waals surface area contributed by atoms with Crippen molar-refractivity contribution >= 4 is 23.4 Å². The molecule has 0 saturated carbocycles. The molecule has 0 aromatic heterocycles. The molecule has 1 N–H and O–H groups in total. The minimum absolute atomic E-state index is 0.0489. The number of hydrogen-bond acceptors (Lipinski definition) is 3. The van der Waals surface area contributed by atoms with Gasteiger partial charge in [-0.25, -0.2) is 0 Å². The Morgan fingerprint density at radius 1 is 0.941 bits per heavy atom. The van der Waals surface area contributed by atoms with E-state index in [4.69, 9.17) is 16.3 Å². The number of nitrogens with zero attached hydrogens (tertiary/aromatic N) is 1. The maximum atomic E-state index is 13.5. The highest BCUT2D eigenvalue weighted by molar-refractivity contribution is 6.31. The SMILES string of the molecule is CCCC(=O)N(Cc1ccc(OC)cc1)[C@H](Cc1ccccc1)C(=O)NCc1ccccc1Cl. The average Bonchev–Trinajstić information content (AvgIpc) is 2.86. The molecule has 0 fully saturated rings. The molecular formula is C28H31ClN2O3. The third-order valence-corrected chi connectivity index (χ3v) is 6.03. The summed E-state index contributed by atoms with van der Waals surface area (Å²) in [6, 6.07) is 24.1. The van der Waals surface area contributed by atoms with Gasteiger partial charge >= 0.3 is 0 Å². The number of nitrogens with one attached hydrogen (secondary N) is 1. The fraction of sp³-hybridized carbons (Fsp3) is 0.286. The summed E-state index contributed by atoms with van der Waals surface area (Å²) in [6.07, 6.45) is 1.50. The fourth-order valence-electron chi connectivity index (χ4n) is 3.78. The minimum atomic E-state index is -0.661. The molecule has 0 aliphatic carbocycles. The summed E-state index contributed by atoms with van der Waals surface area (Å²) in [6.45, 7) is 2.59. The van der Waals surface area contributed by atoms with Crippen LogP contribution in [0.1, 0.15) is 36.5 Å². The van der Waals surface area contributed by atoms with E-state index in [-0.39, 0.29) is 11.8 Å². The molecule has 178 valence electrons. The van der Waals surface area contributed by atoms with Crippen LogP contribution in [-0.4, -0.2) is 29.9 Å². The van der Waals surface area contributed by atoms with Crippen LogP contribution >= 0.6 is 11.6 Å². The Labute approximate surface area is 206 Å². The van der Waals surface area contributed by atoms with Gasteiger partial charge in [-0.15, -0.1) is 0 Å². The molecule has 0 radical (unpaired) electrons. The Kier molecular flexibility index (Phi) is 9.53. The van der Waals surface area contributed by atoms with Gasteiger partial charge in [0.1, 0.15) is 11.8 Å². The van der Waals surface area contributed by atoms with E-state index in [0.717, 1.165) is 22.4 Å². The van der Waals surface area contributed by atoms with Crippen LogP contribution in [0.3, 0.4) is 0 Å². The summed E-state index contributed by atoms with van der Waals surface area (Å²) in [5.41, 5.74) is 2.75. The van der Waals surface area contributed by atoms with E-state index in [9.17, 15) is 9.59 Å². The Morgan fingerprint density at radius 3 is 2.26 bits per heavy atom. The van der Waals surface area contributed by atoms with Crippen LogP contribution < -0.4 is 10.1 Å². The molecule has 0 spiro atoms. The second-order valence-corrected chi connectivity index (χ2v) is 8.54. The number of hydrogen-bond donors (Lipinski definition) is 1. The summed E-state index contributed by atoms with van der Waals surface area (Å²) >= 11 is 6.28. The summed E-state index contributed by atoms with van der Waals surface area (Å²) in [5.74, 6) is 0.488. The topological polar surface area (TPSA) is 58.6 Å². The average molecular weight is 479 g/mol. The van der Waals surface area contributed by atoms with Gasteiger partial charge in [0.05, 0.1) is 7.11 Å². The van der Waals surface area contributed by atoms with Crippen LogP contribution in [0.2, 0.25) is 5.02 Å². The first-order valence-corrected chi connectivity index (χ1v) is 11.9. The summed E-state index contributed by atoms with van der Waals surface area (Å²) in [7, 11) is 1.62. The predicted octanol–water partition coefficient (Wildman–Crippen LogP) is 5.41. The van der Waals surface area contributed by atoms with Crippen molar-refractivity contribution in [2.24, 2.45) is 0 Å².